The minimum Gasteiger partial charge on any atom is -0.480 e. The van der Waals surface area contributed by atoms with Gasteiger partial charge in [-0.3, -0.25) is 14.9 Å². The summed E-state index contributed by atoms with van der Waals surface area (Å²) in [6, 6.07) is 3.54. The Morgan fingerprint density at radius 2 is 2.25 bits per heavy atom. The van der Waals surface area contributed by atoms with E-state index in [0.29, 0.717) is 0 Å². The number of para-hydroxylation sites is 1. The molecule has 0 atom stereocenters. The molecule has 0 spiro atoms. The van der Waals surface area contributed by atoms with Crippen molar-refractivity contribution in [2.75, 3.05) is 18.5 Å². The first-order valence-corrected chi connectivity index (χ1v) is 4.29. The van der Waals surface area contributed by atoms with Gasteiger partial charge in [-0.25, -0.2) is 0 Å². The van der Waals surface area contributed by atoms with Crippen molar-refractivity contribution < 1.29 is 19.2 Å². The summed E-state index contributed by atoms with van der Waals surface area (Å²) in [6.07, 6.45) is 0. The molecule has 0 saturated carbocycles. The van der Waals surface area contributed by atoms with Crippen molar-refractivity contribution in [3.63, 3.8) is 0 Å². The smallest absolute Gasteiger partial charge is 0.327 e. The number of nitro benzene ring substituents is 1. The Hall–Kier alpha value is -2.18. The van der Waals surface area contributed by atoms with Crippen LogP contribution in [-0.4, -0.2) is 29.6 Å². The third-order valence-corrected chi connectivity index (χ3v) is 1.93. The highest BCUT2D eigenvalue weighted by Gasteiger charge is 2.23. The summed E-state index contributed by atoms with van der Waals surface area (Å²) in [5.74, 6) is -2.14. The highest BCUT2D eigenvalue weighted by molar-refractivity contribution is 5.76. The van der Waals surface area contributed by atoms with Crippen LogP contribution in [0.25, 0.3) is 0 Å². The number of rotatable bonds is 4. The molecule has 0 fully saturated rings. The zero-order valence-corrected chi connectivity index (χ0v) is 8.38. The van der Waals surface area contributed by atoms with E-state index in [-0.39, 0.29) is 5.69 Å². The number of halogens is 1. The van der Waals surface area contributed by atoms with Crippen LogP contribution >= 0.6 is 0 Å². The number of nitro groups is 1. The fourth-order valence-electron chi connectivity index (χ4n) is 1.28. The zero-order valence-electron chi connectivity index (χ0n) is 8.38. The number of carboxylic acid groups (broad SMARTS) is 1. The number of hydrogen-bond donors (Lipinski definition) is 1. The predicted octanol–water partition coefficient (Wildman–Crippen LogP) is 1.25. The quantitative estimate of drug-likeness (QED) is 0.619. The van der Waals surface area contributed by atoms with Gasteiger partial charge in [-0.15, -0.1) is 0 Å². The van der Waals surface area contributed by atoms with Crippen LogP contribution in [0.3, 0.4) is 0 Å². The molecule has 0 aromatic heterocycles. The topological polar surface area (TPSA) is 83.7 Å². The van der Waals surface area contributed by atoms with Gasteiger partial charge in [0.1, 0.15) is 12.2 Å². The monoisotopic (exact) mass is 228 g/mol. The Bertz CT molecular complexity index is 436. The maximum Gasteiger partial charge on any atom is 0.327 e. The van der Waals surface area contributed by atoms with Gasteiger partial charge < -0.3 is 10.0 Å². The molecule has 0 aliphatic heterocycles. The van der Waals surface area contributed by atoms with E-state index in [9.17, 15) is 19.3 Å². The normalized spacial score (nSPS) is 9.88. The van der Waals surface area contributed by atoms with E-state index >= 15 is 0 Å². The third-order valence-electron chi connectivity index (χ3n) is 1.93. The van der Waals surface area contributed by atoms with Crippen molar-refractivity contribution in [3.8, 4) is 0 Å². The molecule has 0 amide bonds. The predicted molar refractivity (Wildman–Crippen MR) is 54.0 cm³/mol. The van der Waals surface area contributed by atoms with Crippen LogP contribution < -0.4 is 4.90 Å². The zero-order chi connectivity index (χ0) is 12.3. The largest absolute Gasteiger partial charge is 0.480 e. The first-order chi connectivity index (χ1) is 7.43. The molecule has 1 aromatic carbocycles. The average molecular weight is 228 g/mol. The van der Waals surface area contributed by atoms with Crippen molar-refractivity contribution >= 4 is 17.3 Å². The van der Waals surface area contributed by atoms with E-state index in [1.54, 1.807) is 0 Å². The summed E-state index contributed by atoms with van der Waals surface area (Å²) in [6.45, 7) is -0.440. The molecule has 86 valence electrons. The maximum absolute atomic E-state index is 13.2. The van der Waals surface area contributed by atoms with Crippen molar-refractivity contribution in [2.45, 2.75) is 0 Å². The van der Waals surface area contributed by atoms with E-state index in [1.165, 1.54) is 19.2 Å². The molecule has 0 bridgehead atoms. The minimum absolute atomic E-state index is 0.0626. The number of aliphatic carboxylic acids is 1. The minimum atomic E-state index is -1.15. The van der Waals surface area contributed by atoms with Crippen LogP contribution in [0, 0.1) is 15.9 Å². The summed E-state index contributed by atoms with van der Waals surface area (Å²) in [5.41, 5.74) is -0.779. The van der Waals surface area contributed by atoms with Crippen LogP contribution in [-0.2, 0) is 4.79 Å². The van der Waals surface area contributed by atoms with Crippen LogP contribution in [0.2, 0.25) is 0 Å². The van der Waals surface area contributed by atoms with Gasteiger partial charge in [-0.1, -0.05) is 6.07 Å². The second-order valence-electron chi connectivity index (χ2n) is 3.11. The first-order valence-electron chi connectivity index (χ1n) is 4.29. The van der Waals surface area contributed by atoms with Gasteiger partial charge >= 0.3 is 11.7 Å². The molecule has 6 nitrogen and oxygen atoms in total. The fourth-order valence-corrected chi connectivity index (χ4v) is 1.28. The molecule has 0 heterocycles. The molecule has 1 rings (SSSR count). The lowest BCUT2D eigenvalue weighted by atomic mass is 10.2. The third kappa shape index (κ3) is 2.44. The van der Waals surface area contributed by atoms with Crippen LogP contribution in [0.1, 0.15) is 0 Å². The molecule has 0 radical (unpaired) electrons. The Morgan fingerprint density at radius 3 is 2.75 bits per heavy atom. The van der Waals surface area contributed by atoms with Gasteiger partial charge in [-0.05, 0) is 12.1 Å². The standard InChI is InChI=1S/C9H9FN2O4/c1-11(5-8(13)14)7-4-2-3-6(10)9(7)12(15)16/h2-4H,5H2,1H3,(H,13,14). The summed E-state index contributed by atoms with van der Waals surface area (Å²) < 4.78 is 13.2. The molecule has 1 aromatic rings. The van der Waals surface area contributed by atoms with Crippen LogP contribution in [0.15, 0.2) is 18.2 Å². The van der Waals surface area contributed by atoms with E-state index in [2.05, 4.69) is 0 Å². The average Bonchev–Trinajstić information content (AvgIpc) is 2.15. The van der Waals surface area contributed by atoms with Crippen LogP contribution in [0.5, 0.6) is 0 Å². The number of likely N-dealkylation sites (N-methyl/N-ethyl adjacent to an activating group) is 1. The van der Waals surface area contributed by atoms with Gasteiger partial charge in [0, 0.05) is 7.05 Å². The van der Waals surface area contributed by atoms with E-state index in [4.69, 9.17) is 5.11 Å². The molecular formula is C9H9FN2O4. The number of carboxylic acids is 1. The molecule has 7 heteroatoms. The molecule has 0 aliphatic rings. The maximum atomic E-state index is 13.2. The second kappa shape index (κ2) is 4.56. The molecule has 0 aliphatic carbocycles. The summed E-state index contributed by atoms with van der Waals surface area (Å²) in [5, 5.41) is 19.2. The number of nitrogens with zero attached hydrogens (tertiary/aromatic N) is 2. The highest BCUT2D eigenvalue weighted by atomic mass is 19.1. The van der Waals surface area contributed by atoms with Gasteiger partial charge in [0.2, 0.25) is 5.82 Å². The van der Waals surface area contributed by atoms with Gasteiger partial charge in [-0.2, -0.15) is 4.39 Å². The van der Waals surface area contributed by atoms with Crippen molar-refractivity contribution in [2.24, 2.45) is 0 Å². The van der Waals surface area contributed by atoms with Crippen LogP contribution in [0.4, 0.5) is 15.8 Å². The lowest BCUT2D eigenvalue weighted by Crippen LogP contribution is -2.26. The summed E-state index contributed by atoms with van der Waals surface area (Å²) >= 11 is 0. The first kappa shape index (κ1) is 11.9. The van der Waals surface area contributed by atoms with Crippen molar-refractivity contribution in [3.05, 3.63) is 34.1 Å². The Labute approximate surface area is 90.1 Å². The summed E-state index contributed by atoms with van der Waals surface area (Å²) in [4.78, 5) is 21.3. The van der Waals surface area contributed by atoms with Gasteiger partial charge in [0.05, 0.1) is 4.92 Å². The van der Waals surface area contributed by atoms with Gasteiger partial charge in [0.25, 0.3) is 0 Å². The molecule has 16 heavy (non-hydrogen) atoms. The fraction of sp³-hybridized carbons (Fsp3) is 0.222. The Kier molecular flexibility index (Phi) is 3.39. The van der Waals surface area contributed by atoms with E-state index in [0.717, 1.165) is 11.0 Å². The van der Waals surface area contributed by atoms with Crippen molar-refractivity contribution in [1.82, 2.24) is 0 Å². The number of hydrogen-bond acceptors (Lipinski definition) is 4. The number of carbonyl (C=O) groups is 1. The second-order valence-corrected chi connectivity index (χ2v) is 3.11. The Morgan fingerprint density at radius 1 is 1.62 bits per heavy atom. The lowest BCUT2D eigenvalue weighted by molar-refractivity contribution is -0.386. The molecule has 1 N–H and O–H groups in total. The number of benzene rings is 1. The lowest BCUT2D eigenvalue weighted by Gasteiger charge is -2.16. The Balaban J connectivity index is 3.17. The van der Waals surface area contributed by atoms with E-state index < -0.39 is 28.9 Å². The summed E-state index contributed by atoms with van der Waals surface area (Å²) in [7, 11) is 1.34. The SMILES string of the molecule is CN(CC(=O)O)c1cccc(F)c1[N+](=O)[O-]. The van der Waals surface area contributed by atoms with Crippen molar-refractivity contribution in [1.29, 1.82) is 0 Å². The molecule has 0 saturated heterocycles. The number of anilines is 1. The highest BCUT2D eigenvalue weighted by Crippen LogP contribution is 2.29. The van der Waals surface area contributed by atoms with E-state index in [1.807, 2.05) is 0 Å². The molecule has 0 unspecified atom stereocenters. The van der Waals surface area contributed by atoms with Gasteiger partial charge in [0.15, 0.2) is 0 Å². The molecular weight excluding hydrogens is 219 g/mol.